The van der Waals surface area contributed by atoms with Crippen LogP contribution in [0.3, 0.4) is 0 Å². The van der Waals surface area contributed by atoms with E-state index in [0.717, 1.165) is 32.2 Å². The van der Waals surface area contributed by atoms with Crippen LogP contribution in [-0.4, -0.2) is 49.3 Å². The highest BCUT2D eigenvalue weighted by molar-refractivity contribution is 5.75. The molecule has 118 valence electrons. The quantitative estimate of drug-likeness (QED) is 0.445. The van der Waals surface area contributed by atoms with Gasteiger partial charge in [-0.2, -0.15) is 0 Å². The molecule has 0 spiro atoms. The van der Waals surface area contributed by atoms with E-state index in [1.807, 2.05) is 14.1 Å². The van der Waals surface area contributed by atoms with E-state index in [4.69, 9.17) is 9.47 Å². The van der Waals surface area contributed by atoms with Gasteiger partial charge >= 0.3 is 5.97 Å². The molecule has 0 aromatic heterocycles. The fraction of sp³-hybridized carbons (Fsp3) is 0.824. The van der Waals surface area contributed by atoms with E-state index < -0.39 is 0 Å². The van der Waals surface area contributed by atoms with E-state index >= 15 is 0 Å². The third-order valence-corrected chi connectivity index (χ3v) is 5.30. The Morgan fingerprint density at radius 3 is 2.90 bits per heavy atom. The third kappa shape index (κ3) is 2.88. The maximum Gasteiger partial charge on any atom is 0.311 e. The number of allylic oxidation sites excluding steroid dienone is 2. The van der Waals surface area contributed by atoms with Gasteiger partial charge in [0.1, 0.15) is 12.2 Å². The lowest BCUT2D eigenvalue weighted by atomic mass is 9.80. The highest BCUT2D eigenvalue weighted by atomic mass is 16.6. The number of fused-ring (bicyclic) bond motifs is 3. The predicted octanol–water partition coefficient (Wildman–Crippen LogP) is 2.38. The maximum atomic E-state index is 12.3. The van der Waals surface area contributed by atoms with Crippen molar-refractivity contribution in [2.45, 2.75) is 57.3 Å². The second-order valence-corrected chi connectivity index (χ2v) is 7.41. The highest BCUT2D eigenvalue weighted by Gasteiger charge is 2.62. The molecule has 1 aliphatic carbocycles. The molecule has 4 nitrogen and oxygen atoms in total. The Balaban J connectivity index is 1.83. The number of epoxide rings is 1. The van der Waals surface area contributed by atoms with Crippen LogP contribution >= 0.6 is 0 Å². The molecule has 2 heterocycles. The number of hydrogen-bond donors (Lipinski definition) is 0. The van der Waals surface area contributed by atoms with Gasteiger partial charge in [0.25, 0.3) is 0 Å². The summed E-state index contributed by atoms with van der Waals surface area (Å²) in [6.07, 6.45) is 6.56. The van der Waals surface area contributed by atoms with Crippen molar-refractivity contribution in [2.75, 3.05) is 20.6 Å². The molecular weight excluding hydrogens is 266 g/mol. The van der Waals surface area contributed by atoms with Gasteiger partial charge in [0.15, 0.2) is 0 Å². The van der Waals surface area contributed by atoms with E-state index in [1.54, 1.807) is 0 Å². The van der Waals surface area contributed by atoms with Gasteiger partial charge in [-0.15, -0.1) is 0 Å². The molecule has 2 saturated heterocycles. The molecule has 0 aromatic rings. The van der Waals surface area contributed by atoms with Crippen LogP contribution in [0.2, 0.25) is 0 Å². The van der Waals surface area contributed by atoms with Crippen LogP contribution in [-0.2, 0) is 14.3 Å². The Hall–Kier alpha value is -0.870. The minimum atomic E-state index is -0.0929. The van der Waals surface area contributed by atoms with Gasteiger partial charge in [0, 0.05) is 12.5 Å². The number of carbonyl (C=O) groups excluding carboxylic acids is 1. The Morgan fingerprint density at radius 1 is 1.43 bits per heavy atom. The predicted molar refractivity (Wildman–Crippen MR) is 80.9 cm³/mol. The molecule has 3 rings (SSSR count). The monoisotopic (exact) mass is 293 g/mol. The average molecular weight is 293 g/mol. The Morgan fingerprint density at radius 2 is 2.19 bits per heavy atom. The van der Waals surface area contributed by atoms with E-state index in [0.29, 0.717) is 0 Å². The molecule has 0 unspecified atom stereocenters. The summed E-state index contributed by atoms with van der Waals surface area (Å²) in [6, 6.07) is 0. The second-order valence-electron chi connectivity index (χ2n) is 7.41. The molecule has 2 aliphatic heterocycles. The van der Waals surface area contributed by atoms with Gasteiger partial charge in [-0.3, -0.25) is 4.79 Å². The number of carbonyl (C=O) groups is 1. The van der Waals surface area contributed by atoms with Gasteiger partial charge in [0.05, 0.1) is 11.5 Å². The second kappa shape index (κ2) is 5.40. The Kier molecular flexibility index (Phi) is 3.87. The van der Waals surface area contributed by atoms with Crippen molar-refractivity contribution in [3.8, 4) is 0 Å². The van der Waals surface area contributed by atoms with Crippen LogP contribution in [0.25, 0.3) is 0 Å². The smallest absolute Gasteiger partial charge is 0.311 e. The molecule has 2 fully saturated rings. The van der Waals surface area contributed by atoms with Crippen LogP contribution in [0.15, 0.2) is 11.6 Å². The summed E-state index contributed by atoms with van der Waals surface area (Å²) < 4.78 is 11.7. The zero-order valence-electron chi connectivity index (χ0n) is 13.6. The van der Waals surface area contributed by atoms with E-state index in [9.17, 15) is 4.79 Å². The van der Waals surface area contributed by atoms with Crippen LogP contribution in [0.1, 0.15) is 39.5 Å². The van der Waals surface area contributed by atoms with Crippen molar-refractivity contribution in [3.05, 3.63) is 11.6 Å². The van der Waals surface area contributed by atoms with Crippen molar-refractivity contribution >= 4 is 5.97 Å². The highest BCUT2D eigenvalue weighted by Crippen LogP contribution is 2.50. The van der Waals surface area contributed by atoms with E-state index in [-0.39, 0.29) is 35.6 Å². The fourth-order valence-corrected chi connectivity index (χ4v) is 3.94. The van der Waals surface area contributed by atoms with Crippen LogP contribution in [0.5, 0.6) is 0 Å². The summed E-state index contributed by atoms with van der Waals surface area (Å²) in [5, 5.41) is 0. The van der Waals surface area contributed by atoms with Gasteiger partial charge in [0.2, 0.25) is 0 Å². The number of ether oxygens (including phenoxy) is 2. The number of nitrogens with zero attached hydrogens (tertiary/aromatic N) is 1. The van der Waals surface area contributed by atoms with Crippen molar-refractivity contribution in [3.63, 3.8) is 0 Å². The first-order valence-electron chi connectivity index (χ1n) is 8.09. The first kappa shape index (κ1) is 15.0. The number of rotatable bonds is 2. The van der Waals surface area contributed by atoms with E-state index in [1.165, 1.54) is 5.57 Å². The molecule has 0 aromatic carbocycles. The number of esters is 1. The summed E-state index contributed by atoms with van der Waals surface area (Å²) in [5.74, 6) is 0.247. The zero-order chi connectivity index (χ0) is 15.2. The molecular formula is C17H27NO3. The van der Waals surface area contributed by atoms with Crippen molar-refractivity contribution in [1.29, 1.82) is 0 Å². The summed E-state index contributed by atoms with van der Waals surface area (Å²) in [7, 11) is 4.04. The first-order chi connectivity index (χ1) is 9.90. The van der Waals surface area contributed by atoms with Crippen LogP contribution < -0.4 is 0 Å². The summed E-state index contributed by atoms with van der Waals surface area (Å²) in [5.41, 5.74) is 1.34. The van der Waals surface area contributed by atoms with Gasteiger partial charge < -0.3 is 14.4 Å². The van der Waals surface area contributed by atoms with Crippen molar-refractivity contribution in [1.82, 2.24) is 4.90 Å². The summed E-state index contributed by atoms with van der Waals surface area (Å²) in [4.78, 5) is 14.4. The average Bonchev–Trinajstić information content (AvgIpc) is 2.97. The molecule has 0 bridgehead atoms. The van der Waals surface area contributed by atoms with Crippen molar-refractivity contribution < 1.29 is 14.3 Å². The van der Waals surface area contributed by atoms with E-state index in [2.05, 4.69) is 24.8 Å². The third-order valence-electron chi connectivity index (χ3n) is 5.30. The van der Waals surface area contributed by atoms with Crippen LogP contribution in [0, 0.1) is 11.8 Å². The Labute approximate surface area is 127 Å². The first-order valence-corrected chi connectivity index (χ1v) is 8.09. The topological polar surface area (TPSA) is 42.1 Å². The maximum absolute atomic E-state index is 12.3. The van der Waals surface area contributed by atoms with Gasteiger partial charge in [-0.05, 0) is 53.6 Å². The molecule has 0 amide bonds. The SMILES string of the molecule is CC1=CCC[C@@]2(C)O[C@@H]2[C@H]2OC(=O)[C@H](CN(C)C)[C@@H]2CC1. The molecule has 4 heteroatoms. The van der Waals surface area contributed by atoms with Gasteiger partial charge in [-0.1, -0.05) is 11.6 Å². The fourth-order valence-electron chi connectivity index (χ4n) is 3.94. The minimum Gasteiger partial charge on any atom is -0.459 e. The largest absolute Gasteiger partial charge is 0.459 e. The van der Waals surface area contributed by atoms with Gasteiger partial charge in [-0.25, -0.2) is 0 Å². The number of hydrogen-bond acceptors (Lipinski definition) is 4. The summed E-state index contributed by atoms with van der Waals surface area (Å²) in [6.45, 7) is 5.13. The molecule has 0 radical (unpaired) electrons. The van der Waals surface area contributed by atoms with Crippen molar-refractivity contribution in [2.24, 2.45) is 11.8 Å². The zero-order valence-corrected chi connectivity index (χ0v) is 13.6. The lowest BCUT2D eigenvalue weighted by molar-refractivity contribution is -0.145. The molecule has 3 aliphatic rings. The molecule has 0 N–H and O–H groups in total. The minimum absolute atomic E-state index is 0.00863. The lowest BCUT2D eigenvalue weighted by Gasteiger charge is -2.23. The Bertz CT molecular complexity index is 459. The molecule has 5 atom stereocenters. The molecule has 0 saturated carbocycles. The normalized spacial score (nSPS) is 42.9. The van der Waals surface area contributed by atoms with Crippen LogP contribution in [0.4, 0.5) is 0 Å². The lowest BCUT2D eigenvalue weighted by Crippen LogP contribution is -2.34. The standard InChI is InChI=1S/C17H27NO3/c1-11-6-5-9-17(2)15(21-17)14-12(8-7-11)13(10-18(3)4)16(19)20-14/h6,12-15H,5,7-10H2,1-4H3/t12-,13+,14-,15+,17+/m0/s1. The summed E-state index contributed by atoms with van der Waals surface area (Å²) >= 11 is 0. The molecule has 21 heavy (non-hydrogen) atoms.